The number of anilines is 1. The van der Waals surface area contributed by atoms with E-state index in [2.05, 4.69) is 5.32 Å². The highest BCUT2D eigenvalue weighted by Gasteiger charge is 2.30. The van der Waals surface area contributed by atoms with Crippen molar-refractivity contribution in [1.29, 1.82) is 0 Å². The Morgan fingerprint density at radius 2 is 2.21 bits per heavy atom. The highest BCUT2D eigenvalue weighted by Crippen LogP contribution is 2.29. The van der Waals surface area contributed by atoms with E-state index < -0.39 is 22.6 Å². The summed E-state index contributed by atoms with van der Waals surface area (Å²) in [6, 6.07) is 3.26. The topological polar surface area (TPSA) is 92.5 Å². The van der Waals surface area contributed by atoms with Crippen LogP contribution in [0.5, 0.6) is 0 Å². The Morgan fingerprint density at radius 1 is 1.47 bits per heavy atom. The Hall–Kier alpha value is -2.18. The molecule has 0 aliphatic heterocycles. The number of nitrogens with one attached hydrogen (secondary N) is 1. The number of hydrogen-bond acceptors (Lipinski definition) is 4. The molecule has 1 saturated carbocycles. The average Bonchev–Trinajstić information content (AvgIpc) is 2.80. The quantitative estimate of drug-likeness (QED) is 0.646. The molecule has 0 bridgehead atoms. The summed E-state index contributed by atoms with van der Waals surface area (Å²) in [6.07, 6.45) is 1.64. The van der Waals surface area contributed by atoms with E-state index in [-0.39, 0.29) is 17.4 Å². The molecule has 1 aliphatic rings. The molecule has 0 radical (unpaired) electrons. The minimum atomic E-state index is -0.839. The second kappa shape index (κ2) is 5.21. The minimum absolute atomic E-state index is 0.114. The number of nitro groups is 1. The lowest BCUT2D eigenvalue weighted by Crippen LogP contribution is -2.18. The van der Waals surface area contributed by atoms with E-state index in [0.717, 1.165) is 6.07 Å². The number of rotatable bonds is 4. The molecule has 0 spiro atoms. The van der Waals surface area contributed by atoms with E-state index in [1.807, 2.05) is 0 Å². The monoisotopic (exact) mass is 268 g/mol. The normalized spacial score (nSPS) is 22.2. The van der Waals surface area contributed by atoms with E-state index in [0.29, 0.717) is 19.3 Å². The van der Waals surface area contributed by atoms with Crippen molar-refractivity contribution in [3.8, 4) is 0 Å². The van der Waals surface area contributed by atoms with Crippen molar-refractivity contribution >= 4 is 17.3 Å². The molecule has 6 nitrogen and oxygen atoms in total. The molecule has 2 N–H and O–H groups in total. The molecular formula is C12H13FN2O4. The first-order valence-electron chi connectivity index (χ1n) is 5.90. The number of nitrogens with zero attached hydrogens (tertiary/aromatic N) is 1. The molecule has 1 aromatic carbocycles. The van der Waals surface area contributed by atoms with Gasteiger partial charge < -0.3 is 10.4 Å². The van der Waals surface area contributed by atoms with Crippen molar-refractivity contribution in [2.24, 2.45) is 5.92 Å². The highest BCUT2D eigenvalue weighted by molar-refractivity contribution is 5.70. The van der Waals surface area contributed by atoms with Crippen LogP contribution in [0.2, 0.25) is 0 Å². The van der Waals surface area contributed by atoms with Gasteiger partial charge in [-0.1, -0.05) is 0 Å². The van der Waals surface area contributed by atoms with Crippen LogP contribution in [-0.4, -0.2) is 22.0 Å². The summed E-state index contributed by atoms with van der Waals surface area (Å²) in [4.78, 5) is 20.6. The Balaban J connectivity index is 2.04. The van der Waals surface area contributed by atoms with Crippen LogP contribution in [0.4, 0.5) is 15.8 Å². The third kappa shape index (κ3) is 2.98. The first-order chi connectivity index (χ1) is 8.97. The molecule has 7 heteroatoms. The molecule has 0 heterocycles. The van der Waals surface area contributed by atoms with E-state index in [1.54, 1.807) is 0 Å². The number of carbonyl (C=O) groups is 1. The second-order valence-electron chi connectivity index (χ2n) is 4.61. The maximum absolute atomic E-state index is 13.6. The number of nitro benzene ring substituents is 1. The van der Waals surface area contributed by atoms with Crippen molar-refractivity contribution in [2.75, 3.05) is 5.32 Å². The minimum Gasteiger partial charge on any atom is -0.481 e. The van der Waals surface area contributed by atoms with Crippen molar-refractivity contribution in [1.82, 2.24) is 0 Å². The van der Waals surface area contributed by atoms with E-state index >= 15 is 0 Å². The van der Waals surface area contributed by atoms with Crippen LogP contribution in [0.1, 0.15) is 19.3 Å². The zero-order valence-corrected chi connectivity index (χ0v) is 10.0. The van der Waals surface area contributed by atoms with Gasteiger partial charge in [-0.2, -0.15) is 0 Å². The van der Waals surface area contributed by atoms with E-state index in [4.69, 9.17) is 5.11 Å². The van der Waals surface area contributed by atoms with Crippen LogP contribution in [0, 0.1) is 21.8 Å². The average molecular weight is 268 g/mol. The zero-order valence-electron chi connectivity index (χ0n) is 10.0. The summed E-state index contributed by atoms with van der Waals surface area (Å²) in [5, 5.41) is 22.3. The van der Waals surface area contributed by atoms with Crippen LogP contribution in [0.15, 0.2) is 18.2 Å². The van der Waals surface area contributed by atoms with Gasteiger partial charge in [-0.15, -0.1) is 0 Å². The molecular weight excluding hydrogens is 255 g/mol. The Labute approximate surface area is 108 Å². The molecule has 2 atom stereocenters. The summed E-state index contributed by atoms with van der Waals surface area (Å²) in [7, 11) is 0. The van der Waals surface area contributed by atoms with Gasteiger partial charge in [-0.25, -0.2) is 4.39 Å². The molecule has 1 aliphatic carbocycles. The van der Waals surface area contributed by atoms with Crippen LogP contribution >= 0.6 is 0 Å². The molecule has 0 saturated heterocycles. The molecule has 2 unspecified atom stereocenters. The summed E-state index contributed by atoms with van der Waals surface area (Å²) < 4.78 is 13.6. The number of carboxylic acids is 1. The smallest absolute Gasteiger partial charge is 0.306 e. The van der Waals surface area contributed by atoms with Gasteiger partial charge in [0.25, 0.3) is 5.69 Å². The van der Waals surface area contributed by atoms with Gasteiger partial charge >= 0.3 is 5.97 Å². The first kappa shape index (κ1) is 13.3. The maximum atomic E-state index is 13.6. The molecule has 0 amide bonds. The predicted molar refractivity (Wildman–Crippen MR) is 65.4 cm³/mol. The molecule has 102 valence electrons. The number of hydrogen-bond donors (Lipinski definition) is 2. The van der Waals surface area contributed by atoms with Gasteiger partial charge in [-0.05, 0) is 25.3 Å². The van der Waals surface area contributed by atoms with Gasteiger partial charge in [0, 0.05) is 12.1 Å². The van der Waals surface area contributed by atoms with Crippen LogP contribution < -0.4 is 5.32 Å². The Morgan fingerprint density at radius 3 is 2.74 bits per heavy atom. The van der Waals surface area contributed by atoms with Crippen molar-refractivity contribution < 1.29 is 19.2 Å². The summed E-state index contributed by atoms with van der Waals surface area (Å²) in [5.41, 5.74) is -0.139. The second-order valence-corrected chi connectivity index (χ2v) is 4.61. The molecule has 2 rings (SSSR count). The fourth-order valence-electron chi connectivity index (χ4n) is 2.29. The lowest BCUT2D eigenvalue weighted by Gasteiger charge is -2.14. The van der Waals surface area contributed by atoms with Crippen LogP contribution in [0.25, 0.3) is 0 Å². The number of benzene rings is 1. The SMILES string of the molecule is O=C(O)C1CCC(Nc2ccc([N+](=O)[O-])cc2F)C1. The molecule has 1 aromatic rings. The lowest BCUT2D eigenvalue weighted by atomic mass is 10.1. The summed E-state index contributed by atoms with van der Waals surface area (Å²) in [5.74, 6) is -1.94. The fourth-order valence-corrected chi connectivity index (χ4v) is 2.29. The summed E-state index contributed by atoms with van der Waals surface area (Å²) in [6.45, 7) is 0. The van der Waals surface area contributed by atoms with Gasteiger partial charge in [-0.3, -0.25) is 14.9 Å². The number of aliphatic carboxylic acids is 1. The molecule has 0 aromatic heterocycles. The lowest BCUT2D eigenvalue weighted by molar-refractivity contribution is -0.385. The van der Waals surface area contributed by atoms with Crippen molar-refractivity contribution in [3.63, 3.8) is 0 Å². The molecule has 19 heavy (non-hydrogen) atoms. The fraction of sp³-hybridized carbons (Fsp3) is 0.417. The standard InChI is InChI=1S/C12H13FN2O4/c13-10-6-9(15(18)19)3-4-11(10)14-8-2-1-7(5-8)12(16)17/h3-4,6-8,14H,1-2,5H2,(H,16,17). The number of non-ortho nitro benzene ring substituents is 1. The number of halogens is 1. The van der Waals surface area contributed by atoms with Gasteiger partial charge in [0.2, 0.25) is 0 Å². The van der Waals surface area contributed by atoms with Crippen LogP contribution in [-0.2, 0) is 4.79 Å². The van der Waals surface area contributed by atoms with Crippen LogP contribution in [0.3, 0.4) is 0 Å². The molecule has 1 fully saturated rings. The predicted octanol–water partition coefficient (Wildman–Crippen LogP) is 2.40. The van der Waals surface area contributed by atoms with Gasteiger partial charge in [0.1, 0.15) is 0 Å². The van der Waals surface area contributed by atoms with E-state index in [1.165, 1.54) is 12.1 Å². The Kier molecular flexibility index (Phi) is 3.64. The third-order valence-electron chi connectivity index (χ3n) is 3.30. The third-order valence-corrected chi connectivity index (χ3v) is 3.30. The van der Waals surface area contributed by atoms with Crippen molar-refractivity contribution in [3.05, 3.63) is 34.1 Å². The van der Waals surface area contributed by atoms with E-state index in [9.17, 15) is 19.3 Å². The Bertz CT molecular complexity index is 520. The van der Waals surface area contributed by atoms with Gasteiger partial charge in [0.05, 0.1) is 22.6 Å². The zero-order chi connectivity index (χ0) is 14.0. The maximum Gasteiger partial charge on any atom is 0.306 e. The first-order valence-corrected chi connectivity index (χ1v) is 5.90. The summed E-state index contributed by atoms with van der Waals surface area (Å²) >= 11 is 0. The van der Waals surface area contributed by atoms with Crippen molar-refractivity contribution in [2.45, 2.75) is 25.3 Å². The number of carboxylic acid groups (broad SMARTS) is 1. The highest BCUT2D eigenvalue weighted by atomic mass is 19.1. The van der Waals surface area contributed by atoms with Gasteiger partial charge in [0.15, 0.2) is 5.82 Å². The largest absolute Gasteiger partial charge is 0.481 e.